The van der Waals surface area contributed by atoms with Gasteiger partial charge in [-0.05, 0) is 59.7 Å². The van der Waals surface area contributed by atoms with Crippen LogP contribution in [0.4, 0.5) is 0 Å². The summed E-state index contributed by atoms with van der Waals surface area (Å²) in [7, 11) is 0. The highest BCUT2D eigenvalue weighted by Crippen LogP contribution is 2.36. The van der Waals surface area contributed by atoms with Gasteiger partial charge in [0.2, 0.25) is 12.7 Å². The molecule has 0 saturated heterocycles. The summed E-state index contributed by atoms with van der Waals surface area (Å²) >= 11 is 6.00. The minimum Gasteiger partial charge on any atom is -0.454 e. The Labute approximate surface area is 188 Å². The van der Waals surface area contributed by atoms with Crippen molar-refractivity contribution in [2.75, 3.05) is 13.3 Å². The van der Waals surface area contributed by atoms with Gasteiger partial charge in [-0.1, -0.05) is 60.1 Å². The van der Waals surface area contributed by atoms with Crippen LogP contribution in [0.5, 0.6) is 11.5 Å². The molecular formula is C26H26ClNO3. The summed E-state index contributed by atoms with van der Waals surface area (Å²) in [5.41, 5.74) is 3.54. The summed E-state index contributed by atoms with van der Waals surface area (Å²) in [6.45, 7) is 3.14. The smallest absolute Gasteiger partial charge is 0.231 e. The molecule has 0 fully saturated rings. The van der Waals surface area contributed by atoms with Crippen LogP contribution in [-0.2, 0) is 17.8 Å². The first-order valence-electron chi connectivity index (χ1n) is 10.5. The van der Waals surface area contributed by atoms with E-state index in [0.717, 1.165) is 29.9 Å². The van der Waals surface area contributed by atoms with E-state index in [1.54, 1.807) is 6.92 Å². The molecule has 0 aromatic heterocycles. The molecule has 1 amide bonds. The van der Waals surface area contributed by atoms with Crippen molar-refractivity contribution in [1.29, 1.82) is 0 Å². The topological polar surface area (TPSA) is 38.8 Å². The lowest BCUT2D eigenvalue weighted by atomic mass is 9.88. The number of fused-ring (bicyclic) bond motifs is 1. The second kappa shape index (κ2) is 9.88. The second-order valence-electron chi connectivity index (χ2n) is 7.86. The number of nitrogens with zero attached hydrogens (tertiary/aromatic N) is 1. The number of amides is 1. The minimum atomic E-state index is 0.0686. The number of carbonyl (C=O) groups excluding carboxylic acids is 1. The molecule has 1 aliphatic heterocycles. The third-order valence-corrected chi connectivity index (χ3v) is 5.92. The minimum absolute atomic E-state index is 0.0686. The molecule has 0 bridgehead atoms. The molecule has 5 heteroatoms. The molecule has 0 spiro atoms. The Balaban J connectivity index is 1.51. The van der Waals surface area contributed by atoms with Crippen LogP contribution in [-0.4, -0.2) is 24.1 Å². The maximum absolute atomic E-state index is 12.3. The number of halogens is 1. The summed E-state index contributed by atoms with van der Waals surface area (Å²) in [5, 5.41) is 0.698. The summed E-state index contributed by atoms with van der Waals surface area (Å²) in [6, 6.07) is 24.3. The molecule has 4 rings (SSSR count). The molecular weight excluding hydrogens is 410 g/mol. The summed E-state index contributed by atoms with van der Waals surface area (Å²) < 4.78 is 11.1. The Bertz CT molecular complexity index is 1020. The monoisotopic (exact) mass is 435 g/mol. The van der Waals surface area contributed by atoms with Crippen molar-refractivity contribution in [1.82, 2.24) is 4.90 Å². The number of benzene rings is 3. The lowest BCUT2D eigenvalue weighted by Crippen LogP contribution is -2.30. The fourth-order valence-electron chi connectivity index (χ4n) is 3.92. The van der Waals surface area contributed by atoms with Gasteiger partial charge >= 0.3 is 0 Å². The van der Waals surface area contributed by atoms with Gasteiger partial charge in [0.05, 0.1) is 0 Å². The van der Waals surface area contributed by atoms with Gasteiger partial charge in [0.25, 0.3) is 0 Å². The van der Waals surface area contributed by atoms with Crippen LogP contribution in [0.25, 0.3) is 0 Å². The molecule has 31 heavy (non-hydrogen) atoms. The molecule has 1 aliphatic rings. The summed E-state index contributed by atoms with van der Waals surface area (Å²) in [5.74, 6) is 1.90. The zero-order valence-electron chi connectivity index (χ0n) is 17.6. The summed E-state index contributed by atoms with van der Waals surface area (Å²) in [6.07, 6.45) is 1.74. The fraction of sp³-hybridized carbons (Fsp3) is 0.269. The zero-order valence-corrected chi connectivity index (χ0v) is 18.3. The van der Waals surface area contributed by atoms with E-state index in [1.807, 2.05) is 41.3 Å². The molecule has 160 valence electrons. The maximum Gasteiger partial charge on any atom is 0.231 e. The lowest BCUT2D eigenvalue weighted by molar-refractivity contribution is -0.129. The van der Waals surface area contributed by atoms with Crippen LogP contribution >= 0.6 is 11.6 Å². The summed E-state index contributed by atoms with van der Waals surface area (Å²) in [4.78, 5) is 14.2. The Morgan fingerprint density at radius 1 is 0.968 bits per heavy atom. The van der Waals surface area contributed by atoms with E-state index < -0.39 is 0 Å². The normalized spacial score (nSPS) is 13.1. The molecule has 0 saturated carbocycles. The van der Waals surface area contributed by atoms with Crippen LogP contribution in [0.15, 0.2) is 72.8 Å². The highest BCUT2D eigenvalue weighted by atomic mass is 35.5. The molecule has 1 atom stereocenters. The van der Waals surface area contributed by atoms with Crippen molar-refractivity contribution in [3.63, 3.8) is 0 Å². The Kier molecular flexibility index (Phi) is 6.78. The van der Waals surface area contributed by atoms with Gasteiger partial charge in [-0.25, -0.2) is 0 Å². The van der Waals surface area contributed by atoms with Crippen molar-refractivity contribution in [3.8, 4) is 11.5 Å². The first kappa shape index (κ1) is 21.3. The second-order valence-corrected chi connectivity index (χ2v) is 8.29. The number of carbonyl (C=O) groups is 1. The number of hydrogen-bond acceptors (Lipinski definition) is 3. The van der Waals surface area contributed by atoms with Crippen molar-refractivity contribution in [3.05, 3.63) is 94.5 Å². The molecule has 3 aromatic carbocycles. The van der Waals surface area contributed by atoms with E-state index in [0.29, 0.717) is 18.1 Å². The third-order valence-electron chi connectivity index (χ3n) is 5.67. The number of rotatable bonds is 8. The van der Waals surface area contributed by atoms with Crippen LogP contribution in [0.1, 0.15) is 36.0 Å². The van der Waals surface area contributed by atoms with Gasteiger partial charge in [-0.2, -0.15) is 0 Å². The average molecular weight is 436 g/mol. The number of ether oxygens (including phenoxy) is 2. The first-order chi connectivity index (χ1) is 15.1. The van der Waals surface area contributed by atoms with Crippen molar-refractivity contribution in [2.24, 2.45) is 0 Å². The predicted molar refractivity (Wildman–Crippen MR) is 123 cm³/mol. The van der Waals surface area contributed by atoms with E-state index in [2.05, 4.69) is 36.4 Å². The van der Waals surface area contributed by atoms with Gasteiger partial charge in [0.1, 0.15) is 0 Å². The van der Waals surface area contributed by atoms with E-state index in [1.165, 1.54) is 11.1 Å². The Hall–Kier alpha value is -2.98. The van der Waals surface area contributed by atoms with Crippen LogP contribution in [0, 0.1) is 0 Å². The highest BCUT2D eigenvalue weighted by molar-refractivity contribution is 6.30. The van der Waals surface area contributed by atoms with Crippen LogP contribution < -0.4 is 9.47 Å². The van der Waals surface area contributed by atoms with Gasteiger partial charge in [-0.3, -0.25) is 4.79 Å². The fourth-order valence-corrected chi connectivity index (χ4v) is 4.05. The van der Waals surface area contributed by atoms with E-state index in [4.69, 9.17) is 21.1 Å². The molecule has 3 aromatic rings. The highest BCUT2D eigenvalue weighted by Gasteiger charge is 2.20. The molecule has 4 nitrogen and oxygen atoms in total. The largest absolute Gasteiger partial charge is 0.454 e. The lowest BCUT2D eigenvalue weighted by Gasteiger charge is -2.25. The first-order valence-corrected chi connectivity index (χ1v) is 10.9. The quantitative estimate of drug-likeness (QED) is 0.446. The Morgan fingerprint density at radius 2 is 1.71 bits per heavy atom. The van der Waals surface area contributed by atoms with Gasteiger partial charge < -0.3 is 14.4 Å². The van der Waals surface area contributed by atoms with Gasteiger partial charge in [-0.15, -0.1) is 0 Å². The maximum atomic E-state index is 12.3. The third kappa shape index (κ3) is 5.59. The molecule has 1 heterocycles. The van der Waals surface area contributed by atoms with E-state index in [-0.39, 0.29) is 18.6 Å². The molecule has 1 unspecified atom stereocenters. The van der Waals surface area contributed by atoms with E-state index in [9.17, 15) is 4.79 Å². The van der Waals surface area contributed by atoms with Crippen LogP contribution in [0.2, 0.25) is 5.02 Å². The molecule has 0 aliphatic carbocycles. The SMILES string of the molecule is CC(=O)N(CCC(Cc1ccccc1)c1ccc2c(c1)OCO2)Cc1ccc(Cl)cc1. The standard InChI is InChI=1S/C26H26ClNO3/c1-19(29)28(17-21-7-10-24(27)11-8-21)14-13-23(15-20-5-3-2-4-6-20)22-9-12-25-26(16-22)31-18-30-25/h2-12,16,23H,13-15,17-18H2,1H3. The van der Waals surface area contributed by atoms with Crippen molar-refractivity contribution < 1.29 is 14.3 Å². The zero-order chi connectivity index (χ0) is 21.6. The predicted octanol–water partition coefficient (Wildman–Crippen LogP) is 5.83. The average Bonchev–Trinajstić information content (AvgIpc) is 3.25. The van der Waals surface area contributed by atoms with E-state index >= 15 is 0 Å². The molecule has 0 N–H and O–H groups in total. The van der Waals surface area contributed by atoms with Crippen LogP contribution in [0.3, 0.4) is 0 Å². The van der Waals surface area contributed by atoms with Gasteiger partial charge in [0, 0.05) is 25.0 Å². The Morgan fingerprint density at radius 3 is 2.45 bits per heavy atom. The number of hydrogen-bond donors (Lipinski definition) is 0. The van der Waals surface area contributed by atoms with Crippen molar-refractivity contribution >= 4 is 17.5 Å². The van der Waals surface area contributed by atoms with Gasteiger partial charge in [0.15, 0.2) is 11.5 Å². The molecule has 0 radical (unpaired) electrons. The van der Waals surface area contributed by atoms with Crippen molar-refractivity contribution in [2.45, 2.75) is 32.2 Å².